The summed E-state index contributed by atoms with van der Waals surface area (Å²) >= 11 is 0. The molecule has 1 fully saturated rings. The summed E-state index contributed by atoms with van der Waals surface area (Å²) in [6, 6.07) is 15.6. The Labute approximate surface area is 158 Å². The SMILES string of the molecule is O=C(c1ccc(Cn2cccn2)o1)N1CCC(OCc2ccccc2)CC1. The monoisotopic (exact) mass is 365 g/mol. The number of hydrogen-bond donors (Lipinski definition) is 0. The molecule has 27 heavy (non-hydrogen) atoms. The smallest absolute Gasteiger partial charge is 0.289 e. The van der Waals surface area contributed by atoms with Crippen molar-refractivity contribution in [2.24, 2.45) is 0 Å². The second-order valence-electron chi connectivity index (χ2n) is 6.76. The van der Waals surface area contributed by atoms with Crippen molar-refractivity contribution in [3.63, 3.8) is 0 Å². The minimum atomic E-state index is -0.0526. The highest BCUT2D eigenvalue weighted by Crippen LogP contribution is 2.19. The zero-order chi connectivity index (χ0) is 18.5. The molecule has 3 aromatic rings. The lowest BCUT2D eigenvalue weighted by Gasteiger charge is -2.31. The molecule has 3 heterocycles. The third kappa shape index (κ3) is 4.46. The second kappa shape index (κ2) is 8.22. The van der Waals surface area contributed by atoms with E-state index in [9.17, 15) is 4.79 Å². The highest BCUT2D eigenvalue weighted by Gasteiger charge is 2.26. The number of amides is 1. The molecule has 1 saturated heterocycles. The Morgan fingerprint density at radius 3 is 2.67 bits per heavy atom. The summed E-state index contributed by atoms with van der Waals surface area (Å²) in [4.78, 5) is 14.5. The van der Waals surface area contributed by atoms with Crippen molar-refractivity contribution >= 4 is 5.91 Å². The molecule has 0 bridgehead atoms. The molecule has 1 aromatic carbocycles. The molecule has 140 valence electrons. The molecule has 1 aliphatic rings. The first-order valence-electron chi connectivity index (χ1n) is 9.29. The summed E-state index contributed by atoms with van der Waals surface area (Å²) < 4.78 is 13.5. The molecule has 0 N–H and O–H groups in total. The van der Waals surface area contributed by atoms with Crippen molar-refractivity contribution in [1.82, 2.24) is 14.7 Å². The maximum absolute atomic E-state index is 12.7. The number of rotatable bonds is 6. The van der Waals surface area contributed by atoms with E-state index in [0.29, 0.717) is 32.0 Å². The van der Waals surface area contributed by atoms with Gasteiger partial charge in [0.05, 0.1) is 19.3 Å². The quantitative estimate of drug-likeness (QED) is 0.672. The number of hydrogen-bond acceptors (Lipinski definition) is 4. The van der Waals surface area contributed by atoms with Crippen molar-refractivity contribution in [3.05, 3.63) is 78.0 Å². The average Bonchev–Trinajstić information content (AvgIpc) is 3.40. The van der Waals surface area contributed by atoms with E-state index >= 15 is 0 Å². The number of nitrogens with zero attached hydrogens (tertiary/aromatic N) is 3. The molecule has 0 radical (unpaired) electrons. The van der Waals surface area contributed by atoms with Gasteiger partial charge in [0.1, 0.15) is 5.76 Å². The van der Waals surface area contributed by atoms with Crippen molar-refractivity contribution in [3.8, 4) is 0 Å². The number of carbonyl (C=O) groups is 1. The molecule has 4 rings (SSSR count). The molecule has 0 unspecified atom stereocenters. The van der Waals surface area contributed by atoms with Crippen molar-refractivity contribution in [2.45, 2.75) is 32.1 Å². The van der Waals surface area contributed by atoms with Gasteiger partial charge in [-0.15, -0.1) is 0 Å². The van der Waals surface area contributed by atoms with Gasteiger partial charge in [-0.25, -0.2) is 0 Å². The maximum Gasteiger partial charge on any atom is 0.289 e. The number of likely N-dealkylation sites (tertiary alicyclic amines) is 1. The molecule has 1 aliphatic heterocycles. The molecular weight excluding hydrogens is 342 g/mol. The minimum Gasteiger partial charge on any atom is -0.454 e. The van der Waals surface area contributed by atoms with Crippen LogP contribution in [0, 0.1) is 0 Å². The van der Waals surface area contributed by atoms with Gasteiger partial charge < -0.3 is 14.1 Å². The highest BCUT2D eigenvalue weighted by atomic mass is 16.5. The molecular formula is C21H23N3O3. The Morgan fingerprint density at radius 1 is 1.11 bits per heavy atom. The lowest BCUT2D eigenvalue weighted by molar-refractivity contribution is -0.00107. The number of aromatic nitrogens is 2. The second-order valence-corrected chi connectivity index (χ2v) is 6.76. The van der Waals surface area contributed by atoms with Gasteiger partial charge in [-0.05, 0) is 36.6 Å². The van der Waals surface area contributed by atoms with Crippen LogP contribution >= 0.6 is 0 Å². The Morgan fingerprint density at radius 2 is 1.93 bits per heavy atom. The van der Waals surface area contributed by atoms with Crippen LogP contribution in [0.5, 0.6) is 0 Å². The van der Waals surface area contributed by atoms with Crippen LogP contribution in [0.1, 0.15) is 34.7 Å². The van der Waals surface area contributed by atoms with E-state index in [1.165, 1.54) is 5.56 Å². The van der Waals surface area contributed by atoms with Gasteiger partial charge in [0.25, 0.3) is 5.91 Å². The largest absolute Gasteiger partial charge is 0.454 e. The van der Waals surface area contributed by atoms with E-state index in [-0.39, 0.29) is 12.0 Å². The number of piperidine rings is 1. The Hall–Kier alpha value is -2.86. The predicted molar refractivity (Wildman–Crippen MR) is 100 cm³/mol. The molecule has 0 saturated carbocycles. The molecule has 6 nitrogen and oxygen atoms in total. The van der Waals surface area contributed by atoms with Gasteiger partial charge in [0, 0.05) is 25.5 Å². The Balaban J connectivity index is 1.26. The van der Waals surface area contributed by atoms with E-state index in [2.05, 4.69) is 17.2 Å². The van der Waals surface area contributed by atoms with Crippen LogP contribution < -0.4 is 0 Å². The number of carbonyl (C=O) groups excluding carboxylic acids is 1. The number of furan rings is 1. The first kappa shape index (κ1) is 17.5. The maximum atomic E-state index is 12.7. The lowest BCUT2D eigenvalue weighted by Crippen LogP contribution is -2.40. The summed E-state index contributed by atoms with van der Waals surface area (Å²) in [7, 11) is 0. The van der Waals surface area contributed by atoms with Crippen LogP contribution in [0.25, 0.3) is 0 Å². The van der Waals surface area contributed by atoms with E-state index in [0.717, 1.165) is 18.6 Å². The first-order valence-corrected chi connectivity index (χ1v) is 9.29. The molecule has 0 spiro atoms. The van der Waals surface area contributed by atoms with Crippen molar-refractivity contribution in [2.75, 3.05) is 13.1 Å². The van der Waals surface area contributed by atoms with Gasteiger partial charge in [0.2, 0.25) is 0 Å². The van der Waals surface area contributed by atoms with Gasteiger partial charge in [-0.1, -0.05) is 30.3 Å². The highest BCUT2D eigenvalue weighted by molar-refractivity contribution is 5.91. The van der Waals surface area contributed by atoms with Crippen molar-refractivity contribution in [1.29, 1.82) is 0 Å². The fourth-order valence-electron chi connectivity index (χ4n) is 3.30. The van der Waals surface area contributed by atoms with Crippen LogP contribution in [0.4, 0.5) is 0 Å². The zero-order valence-electron chi connectivity index (χ0n) is 15.2. The van der Waals surface area contributed by atoms with Gasteiger partial charge in [0.15, 0.2) is 5.76 Å². The van der Waals surface area contributed by atoms with Crippen molar-refractivity contribution < 1.29 is 13.9 Å². The fourth-order valence-corrected chi connectivity index (χ4v) is 3.30. The molecule has 2 aromatic heterocycles. The van der Waals surface area contributed by atoms with Crippen LogP contribution in [-0.2, 0) is 17.9 Å². The van der Waals surface area contributed by atoms with Crippen LogP contribution in [0.15, 0.2) is 65.3 Å². The Kier molecular flexibility index (Phi) is 5.34. The van der Waals surface area contributed by atoms with Gasteiger partial charge >= 0.3 is 0 Å². The molecule has 0 aliphatic carbocycles. The fraction of sp³-hybridized carbons (Fsp3) is 0.333. The summed E-state index contributed by atoms with van der Waals surface area (Å²) in [5.41, 5.74) is 1.18. The molecule has 0 atom stereocenters. The van der Waals surface area contributed by atoms with E-state index < -0.39 is 0 Å². The zero-order valence-corrected chi connectivity index (χ0v) is 15.2. The standard InChI is InChI=1S/C21H23N3O3/c25-21(20-8-7-19(27-20)15-24-12-4-11-22-24)23-13-9-18(10-14-23)26-16-17-5-2-1-3-6-17/h1-8,11-12,18H,9-10,13-16H2. The van der Waals surface area contributed by atoms with Gasteiger partial charge in [-0.2, -0.15) is 5.10 Å². The van der Waals surface area contributed by atoms with E-state index in [1.807, 2.05) is 41.4 Å². The average molecular weight is 365 g/mol. The Bertz CT molecular complexity index is 850. The van der Waals surface area contributed by atoms with Crippen LogP contribution in [0.3, 0.4) is 0 Å². The predicted octanol–water partition coefficient (Wildman–Crippen LogP) is 3.35. The lowest BCUT2D eigenvalue weighted by atomic mass is 10.1. The van der Waals surface area contributed by atoms with E-state index in [4.69, 9.17) is 9.15 Å². The van der Waals surface area contributed by atoms with E-state index in [1.54, 1.807) is 16.9 Å². The third-order valence-electron chi connectivity index (χ3n) is 4.81. The molecule has 6 heteroatoms. The summed E-state index contributed by atoms with van der Waals surface area (Å²) in [5.74, 6) is 1.06. The third-order valence-corrected chi connectivity index (χ3v) is 4.81. The number of benzene rings is 1. The normalized spacial score (nSPS) is 15.2. The summed E-state index contributed by atoms with van der Waals surface area (Å²) in [6.07, 6.45) is 5.48. The molecule has 1 amide bonds. The minimum absolute atomic E-state index is 0.0526. The topological polar surface area (TPSA) is 60.5 Å². The van der Waals surface area contributed by atoms with Crippen LogP contribution in [0.2, 0.25) is 0 Å². The van der Waals surface area contributed by atoms with Gasteiger partial charge in [-0.3, -0.25) is 9.48 Å². The first-order chi connectivity index (χ1) is 13.3. The number of ether oxygens (including phenoxy) is 1. The van der Waals surface area contributed by atoms with Crippen LogP contribution in [-0.4, -0.2) is 39.8 Å². The summed E-state index contributed by atoms with van der Waals surface area (Å²) in [5, 5.41) is 4.15. The summed E-state index contributed by atoms with van der Waals surface area (Å²) in [6.45, 7) is 2.52.